The quantitative estimate of drug-likeness (QED) is 0.579. The second kappa shape index (κ2) is 7.88. The molecule has 19 heavy (non-hydrogen) atoms. The number of nitrogen functional groups attached to an aromatic ring is 1. The van der Waals surface area contributed by atoms with Crippen LogP contribution < -0.4 is 5.73 Å². The minimum Gasteiger partial charge on any atom is -0.383 e. The molecular weight excluding hydrogens is 367 g/mol. The zero-order chi connectivity index (χ0) is 14.4. The van der Waals surface area contributed by atoms with E-state index < -0.39 is 13.0 Å². The van der Waals surface area contributed by atoms with E-state index in [-0.39, 0.29) is 6.61 Å². The predicted molar refractivity (Wildman–Crippen MR) is 78.2 cm³/mol. The van der Waals surface area contributed by atoms with E-state index in [0.717, 1.165) is 15.7 Å². The molecule has 7 heteroatoms. The number of ether oxygens (including phenoxy) is 1. The summed E-state index contributed by atoms with van der Waals surface area (Å²) in [6.07, 6.45) is -1.24. The van der Waals surface area contributed by atoms with Gasteiger partial charge >= 0.3 is 0 Å². The van der Waals surface area contributed by atoms with Gasteiger partial charge in [-0.3, -0.25) is 0 Å². The number of rotatable bonds is 7. The monoisotopic (exact) mass is 385 g/mol. The summed E-state index contributed by atoms with van der Waals surface area (Å²) < 4.78 is 29.5. The van der Waals surface area contributed by atoms with Gasteiger partial charge in [0.2, 0.25) is 0 Å². The van der Waals surface area contributed by atoms with Gasteiger partial charge in [0.25, 0.3) is 6.43 Å². The van der Waals surface area contributed by atoms with Crippen molar-refractivity contribution in [1.29, 1.82) is 0 Å². The molecule has 1 heterocycles. The van der Waals surface area contributed by atoms with Crippen LogP contribution in [0.1, 0.15) is 25.4 Å². The third-order valence-corrected chi connectivity index (χ3v) is 3.48. The zero-order valence-electron chi connectivity index (χ0n) is 11.0. The molecule has 1 aromatic rings. The number of anilines is 1. The van der Waals surface area contributed by atoms with Gasteiger partial charge < -0.3 is 10.5 Å². The fourth-order valence-corrected chi connectivity index (χ4v) is 2.00. The number of nitrogens with two attached hydrogens (primary N) is 1. The van der Waals surface area contributed by atoms with Crippen molar-refractivity contribution < 1.29 is 13.5 Å². The second-order valence-electron chi connectivity index (χ2n) is 4.60. The molecule has 108 valence electrons. The lowest BCUT2D eigenvalue weighted by molar-refractivity contribution is 0.0183. The molecule has 0 aliphatic rings. The van der Waals surface area contributed by atoms with E-state index in [0.29, 0.717) is 24.0 Å². The fraction of sp³-hybridized carbons (Fsp3) is 0.667. The Morgan fingerprint density at radius 3 is 2.58 bits per heavy atom. The Hall–Kier alpha value is -0.570. The van der Waals surface area contributed by atoms with Crippen LogP contribution in [-0.2, 0) is 17.6 Å². The average Bonchev–Trinajstić information content (AvgIpc) is 2.30. The highest BCUT2D eigenvalue weighted by Gasteiger charge is 2.11. The molecule has 2 N–H and O–H groups in total. The van der Waals surface area contributed by atoms with Gasteiger partial charge in [0.1, 0.15) is 18.2 Å². The van der Waals surface area contributed by atoms with Crippen molar-refractivity contribution in [3.63, 3.8) is 0 Å². The Kier molecular flexibility index (Phi) is 6.84. The summed E-state index contributed by atoms with van der Waals surface area (Å²) in [6, 6.07) is 0. The Morgan fingerprint density at radius 1 is 1.32 bits per heavy atom. The van der Waals surface area contributed by atoms with Crippen molar-refractivity contribution in [2.75, 3.05) is 18.9 Å². The fourth-order valence-electron chi connectivity index (χ4n) is 1.54. The van der Waals surface area contributed by atoms with Gasteiger partial charge in [0.15, 0.2) is 0 Å². The van der Waals surface area contributed by atoms with Crippen LogP contribution in [0, 0.1) is 9.49 Å². The average molecular weight is 385 g/mol. The zero-order valence-corrected chi connectivity index (χ0v) is 13.2. The van der Waals surface area contributed by atoms with Crippen molar-refractivity contribution >= 4 is 28.4 Å². The van der Waals surface area contributed by atoms with Gasteiger partial charge in [-0.15, -0.1) is 0 Å². The summed E-state index contributed by atoms with van der Waals surface area (Å²) in [6.45, 7) is 3.81. The molecule has 0 saturated carbocycles. The van der Waals surface area contributed by atoms with Gasteiger partial charge in [-0.05, 0) is 34.9 Å². The molecule has 0 unspecified atom stereocenters. The minimum absolute atomic E-state index is 0.172. The molecule has 0 aliphatic heterocycles. The van der Waals surface area contributed by atoms with Gasteiger partial charge in [-0.2, -0.15) is 0 Å². The molecular formula is C12H18F2IN3O. The van der Waals surface area contributed by atoms with Crippen LogP contribution in [0.5, 0.6) is 0 Å². The van der Waals surface area contributed by atoms with Crippen molar-refractivity contribution in [1.82, 2.24) is 9.97 Å². The van der Waals surface area contributed by atoms with Crippen LogP contribution in [0.25, 0.3) is 0 Å². The first-order valence-corrected chi connectivity index (χ1v) is 7.14. The van der Waals surface area contributed by atoms with E-state index in [1.54, 1.807) is 0 Å². The first kappa shape index (κ1) is 16.5. The molecule has 4 nitrogen and oxygen atoms in total. The Bertz CT molecular complexity index is 416. The van der Waals surface area contributed by atoms with E-state index in [2.05, 4.69) is 46.4 Å². The molecule has 0 saturated heterocycles. The smallest absolute Gasteiger partial charge is 0.261 e. The van der Waals surface area contributed by atoms with Crippen LogP contribution in [0.4, 0.5) is 14.6 Å². The molecule has 1 rings (SSSR count). The molecule has 0 radical (unpaired) electrons. The number of alkyl halides is 2. The topological polar surface area (TPSA) is 61.0 Å². The van der Waals surface area contributed by atoms with Crippen molar-refractivity contribution in [3.05, 3.63) is 15.1 Å². The maximum Gasteiger partial charge on any atom is 0.261 e. The molecule has 0 aliphatic carbocycles. The maximum atomic E-state index is 11.9. The van der Waals surface area contributed by atoms with Gasteiger partial charge in [-0.25, -0.2) is 18.7 Å². The molecule has 0 atom stereocenters. The summed E-state index contributed by atoms with van der Waals surface area (Å²) >= 11 is 2.13. The highest BCUT2D eigenvalue weighted by Crippen LogP contribution is 2.19. The van der Waals surface area contributed by atoms with Crippen molar-refractivity contribution in [2.24, 2.45) is 5.92 Å². The number of halogens is 3. The maximum absolute atomic E-state index is 11.9. The second-order valence-corrected chi connectivity index (χ2v) is 5.68. The predicted octanol–water partition coefficient (Wildman–Crippen LogP) is 2.69. The number of hydrogen-bond donors (Lipinski definition) is 1. The lowest BCUT2D eigenvalue weighted by Crippen LogP contribution is -2.12. The van der Waals surface area contributed by atoms with Crippen molar-refractivity contribution in [3.8, 4) is 0 Å². The Morgan fingerprint density at radius 2 is 2.00 bits per heavy atom. The lowest BCUT2D eigenvalue weighted by atomic mass is 10.1. The van der Waals surface area contributed by atoms with Gasteiger partial charge in [0, 0.05) is 6.42 Å². The molecule has 0 bridgehead atoms. The lowest BCUT2D eigenvalue weighted by Gasteiger charge is -2.11. The summed E-state index contributed by atoms with van der Waals surface area (Å²) in [5.74, 6) is 1.45. The Labute approximate surface area is 125 Å². The largest absolute Gasteiger partial charge is 0.383 e. The SMILES string of the molecule is CC(C)Cc1nc(CCOCC(F)F)nc(N)c1I. The normalized spacial score (nSPS) is 11.5. The highest BCUT2D eigenvalue weighted by molar-refractivity contribution is 14.1. The summed E-state index contributed by atoms with van der Waals surface area (Å²) in [4.78, 5) is 8.57. The minimum atomic E-state index is -2.45. The van der Waals surface area contributed by atoms with Gasteiger partial charge in [-0.1, -0.05) is 13.8 Å². The van der Waals surface area contributed by atoms with E-state index >= 15 is 0 Å². The summed E-state index contributed by atoms with van der Waals surface area (Å²) in [7, 11) is 0. The first-order chi connectivity index (χ1) is 8.90. The molecule has 0 fully saturated rings. The van der Waals surface area contributed by atoms with Crippen molar-refractivity contribution in [2.45, 2.75) is 33.1 Å². The third-order valence-electron chi connectivity index (χ3n) is 2.31. The molecule has 1 aromatic heterocycles. The van der Waals surface area contributed by atoms with E-state index in [1.807, 2.05) is 0 Å². The molecule has 0 amide bonds. The third kappa shape index (κ3) is 5.94. The van der Waals surface area contributed by atoms with Crippen LogP contribution >= 0.6 is 22.6 Å². The molecule has 0 spiro atoms. The van der Waals surface area contributed by atoms with Crippen LogP contribution in [0.15, 0.2) is 0 Å². The van der Waals surface area contributed by atoms with Crippen LogP contribution in [0.2, 0.25) is 0 Å². The van der Waals surface area contributed by atoms with Gasteiger partial charge in [0.05, 0.1) is 15.9 Å². The summed E-state index contributed by atoms with van der Waals surface area (Å²) in [5.41, 5.74) is 6.74. The van der Waals surface area contributed by atoms with E-state index in [4.69, 9.17) is 10.5 Å². The number of aromatic nitrogens is 2. The summed E-state index contributed by atoms with van der Waals surface area (Å²) in [5, 5.41) is 0. The van der Waals surface area contributed by atoms with E-state index in [1.165, 1.54) is 0 Å². The first-order valence-electron chi connectivity index (χ1n) is 6.06. The standard InChI is InChI=1S/C12H18F2IN3O/c1-7(2)5-8-11(15)12(16)18-10(17-8)3-4-19-6-9(13)14/h7,9H,3-6H2,1-2H3,(H2,16,17,18). The number of hydrogen-bond acceptors (Lipinski definition) is 4. The Balaban J connectivity index is 2.66. The number of nitrogens with zero attached hydrogens (tertiary/aromatic N) is 2. The van der Waals surface area contributed by atoms with Crippen LogP contribution in [-0.4, -0.2) is 29.6 Å². The van der Waals surface area contributed by atoms with E-state index in [9.17, 15) is 8.78 Å². The van der Waals surface area contributed by atoms with Crippen LogP contribution in [0.3, 0.4) is 0 Å². The highest BCUT2D eigenvalue weighted by atomic mass is 127. The molecule has 0 aromatic carbocycles.